The van der Waals surface area contributed by atoms with E-state index in [2.05, 4.69) is 4.98 Å². The molecule has 0 fully saturated rings. The van der Waals surface area contributed by atoms with E-state index in [1.165, 1.54) is 6.20 Å². The van der Waals surface area contributed by atoms with Crippen molar-refractivity contribution in [3.05, 3.63) is 23.5 Å². The lowest BCUT2D eigenvalue weighted by atomic mass is 10.4. The van der Waals surface area contributed by atoms with E-state index in [-0.39, 0.29) is 0 Å². The second kappa shape index (κ2) is 4.09. The van der Waals surface area contributed by atoms with Crippen LogP contribution < -0.4 is 10.5 Å². The fraction of sp³-hybridized carbons (Fsp3) is 0.250. The van der Waals surface area contributed by atoms with E-state index in [0.29, 0.717) is 10.9 Å². The van der Waals surface area contributed by atoms with E-state index in [1.807, 2.05) is 0 Å². The molecular formula is C8H9ClN2O2. The Labute approximate surface area is 80.7 Å². The summed E-state index contributed by atoms with van der Waals surface area (Å²) in [6, 6.07) is 3.19. The fourth-order valence-electron chi connectivity index (χ4n) is 0.694. The van der Waals surface area contributed by atoms with Gasteiger partial charge in [-0.05, 0) is 19.1 Å². The summed E-state index contributed by atoms with van der Waals surface area (Å²) in [7, 11) is 0. The van der Waals surface area contributed by atoms with Crippen LogP contribution in [0.1, 0.15) is 6.92 Å². The van der Waals surface area contributed by atoms with Crippen LogP contribution in [0, 0.1) is 0 Å². The van der Waals surface area contributed by atoms with Gasteiger partial charge in [-0.1, -0.05) is 11.6 Å². The van der Waals surface area contributed by atoms with Gasteiger partial charge in [-0.25, -0.2) is 4.98 Å². The zero-order chi connectivity index (χ0) is 9.84. The predicted molar refractivity (Wildman–Crippen MR) is 48.5 cm³/mol. The minimum atomic E-state index is -0.664. The molecule has 0 bridgehead atoms. The number of amides is 1. The van der Waals surface area contributed by atoms with Crippen LogP contribution in [0.2, 0.25) is 5.15 Å². The topological polar surface area (TPSA) is 65.2 Å². The molecule has 0 saturated carbocycles. The monoisotopic (exact) mass is 200 g/mol. The molecular weight excluding hydrogens is 192 g/mol. The van der Waals surface area contributed by atoms with Gasteiger partial charge in [0.25, 0.3) is 5.91 Å². The third-order valence-electron chi connectivity index (χ3n) is 1.41. The van der Waals surface area contributed by atoms with Crippen LogP contribution >= 0.6 is 11.6 Å². The van der Waals surface area contributed by atoms with E-state index in [4.69, 9.17) is 22.1 Å². The molecule has 1 aromatic rings. The maximum absolute atomic E-state index is 10.6. The molecule has 5 heteroatoms. The number of hydrogen-bond acceptors (Lipinski definition) is 3. The first-order chi connectivity index (χ1) is 6.09. The molecule has 0 aromatic carbocycles. The van der Waals surface area contributed by atoms with Gasteiger partial charge in [-0.3, -0.25) is 4.79 Å². The maximum atomic E-state index is 10.6. The lowest BCUT2D eigenvalue weighted by Gasteiger charge is -2.09. The molecule has 1 atom stereocenters. The highest BCUT2D eigenvalue weighted by Gasteiger charge is 2.09. The zero-order valence-corrected chi connectivity index (χ0v) is 7.78. The van der Waals surface area contributed by atoms with Crippen LogP contribution in [-0.4, -0.2) is 17.0 Å². The molecule has 4 nitrogen and oxygen atoms in total. The Morgan fingerprint density at radius 3 is 2.85 bits per heavy atom. The van der Waals surface area contributed by atoms with Crippen molar-refractivity contribution in [1.82, 2.24) is 4.98 Å². The van der Waals surface area contributed by atoms with Crippen molar-refractivity contribution in [3.8, 4) is 5.75 Å². The summed E-state index contributed by atoms with van der Waals surface area (Å²) in [5, 5.41) is 0.374. The number of carbonyl (C=O) groups excluding carboxylic acids is 1. The lowest BCUT2D eigenvalue weighted by molar-refractivity contribution is -0.123. The molecule has 0 aliphatic rings. The normalized spacial score (nSPS) is 12.2. The Morgan fingerprint density at radius 2 is 2.38 bits per heavy atom. The van der Waals surface area contributed by atoms with Crippen molar-refractivity contribution >= 4 is 17.5 Å². The standard InChI is InChI=1S/C8H9ClN2O2/c1-5(8(10)12)13-6-2-3-7(9)11-4-6/h2-5H,1H3,(H2,10,12). The average Bonchev–Trinajstić information content (AvgIpc) is 2.08. The first-order valence-electron chi connectivity index (χ1n) is 3.67. The van der Waals surface area contributed by atoms with E-state index in [9.17, 15) is 4.79 Å². The largest absolute Gasteiger partial charge is 0.479 e. The third-order valence-corrected chi connectivity index (χ3v) is 1.64. The first-order valence-corrected chi connectivity index (χ1v) is 4.05. The minimum Gasteiger partial charge on any atom is -0.479 e. The van der Waals surface area contributed by atoms with Gasteiger partial charge in [0.05, 0.1) is 6.20 Å². The first kappa shape index (κ1) is 9.80. The molecule has 1 aromatic heterocycles. The van der Waals surface area contributed by atoms with Crippen molar-refractivity contribution < 1.29 is 9.53 Å². The number of nitrogens with two attached hydrogens (primary N) is 1. The van der Waals surface area contributed by atoms with Crippen LogP contribution in [0.4, 0.5) is 0 Å². The average molecular weight is 201 g/mol. The zero-order valence-electron chi connectivity index (χ0n) is 7.03. The summed E-state index contributed by atoms with van der Waals surface area (Å²) in [5.41, 5.74) is 5.00. The van der Waals surface area contributed by atoms with Crippen molar-refractivity contribution in [3.63, 3.8) is 0 Å². The third kappa shape index (κ3) is 2.91. The number of aromatic nitrogens is 1. The van der Waals surface area contributed by atoms with Gasteiger partial charge in [0.1, 0.15) is 10.9 Å². The number of halogens is 1. The number of rotatable bonds is 3. The molecule has 1 heterocycles. The van der Waals surface area contributed by atoms with Gasteiger partial charge in [0.15, 0.2) is 6.10 Å². The van der Waals surface area contributed by atoms with Gasteiger partial charge >= 0.3 is 0 Å². The molecule has 1 unspecified atom stereocenters. The summed E-state index contributed by atoms with van der Waals surface area (Å²) in [5.74, 6) is -0.0503. The van der Waals surface area contributed by atoms with Crippen LogP contribution in [0.15, 0.2) is 18.3 Å². The van der Waals surface area contributed by atoms with Gasteiger partial charge in [-0.2, -0.15) is 0 Å². The minimum absolute atomic E-state index is 0.374. The van der Waals surface area contributed by atoms with Gasteiger partial charge in [0.2, 0.25) is 0 Å². The van der Waals surface area contributed by atoms with E-state index in [1.54, 1.807) is 19.1 Å². The molecule has 1 amide bonds. The quantitative estimate of drug-likeness (QED) is 0.740. The number of carbonyl (C=O) groups is 1. The highest BCUT2D eigenvalue weighted by Crippen LogP contribution is 2.13. The second-order valence-corrected chi connectivity index (χ2v) is 2.87. The number of hydrogen-bond donors (Lipinski definition) is 1. The maximum Gasteiger partial charge on any atom is 0.258 e. The number of ether oxygens (including phenoxy) is 1. The Morgan fingerprint density at radius 1 is 1.69 bits per heavy atom. The molecule has 0 saturated heterocycles. The summed E-state index contributed by atoms with van der Waals surface area (Å²) in [6.07, 6.45) is 0.768. The summed E-state index contributed by atoms with van der Waals surface area (Å²) < 4.78 is 5.14. The highest BCUT2D eigenvalue weighted by atomic mass is 35.5. The van der Waals surface area contributed by atoms with Gasteiger partial charge in [-0.15, -0.1) is 0 Å². The lowest BCUT2D eigenvalue weighted by Crippen LogP contribution is -2.30. The number of pyridine rings is 1. The van der Waals surface area contributed by atoms with Crippen LogP contribution in [0.3, 0.4) is 0 Å². The molecule has 2 N–H and O–H groups in total. The highest BCUT2D eigenvalue weighted by molar-refractivity contribution is 6.29. The summed E-state index contributed by atoms with van der Waals surface area (Å²) in [6.45, 7) is 1.57. The van der Waals surface area contributed by atoms with Crippen LogP contribution in [-0.2, 0) is 4.79 Å². The number of nitrogens with zero attached hydrogens (tertiary/aromatic N) is 1. The van der Waals surface area contributed by atoms with E-state index in [0.717, 1.165) is 0 Å². The van der Waals surface area contributed by atoms with Crippen molar-refractivity contribution in [2.75, 3.05) is 0 Å². The molecule has 70 valence electrons. The molecule has 1 rings (SSSR count). The van der Waals surface area contributed by atoms with E-state index >= 15 is 0 Å². The second-order valence-electron chi connectivity index (χ2n) is 2.48. The van der Waals surface area contributed by atoms with E-state index < -0.39 is 12.0 Å². The summed E-state index contributed by atoms with van der Waals surface area (Å²) >= 11 is 5.55. The molecule has 0 radical (unpaired) electrons. The molecule has 0 aliphatic carbocycles. The smallest absolute Gasteiger partial charge is 0.258 e. The SMILES string of the molecule is CC(Oc1ccc(Cl)nc1)C(N)=O. The van der Waals surface area contributed by atoms with Crippen LogP contribution in [0.5, 0.6) is 5.75 Å². The number of primary amides is 1. The van der Waals surface area contributed by atoms with Gasteiger partial charge < -0.3 is 10.5 Å². The van der Waals surface area contributed by atoms with Crippen molar-refractivity contribution in [1.29, 1.82) is 0 Å². The Balaban J connectivity index is 2.64. The van der Waals surface area contributed by atoms with Crippen molar-refractivity contribution in [2.24, 2.45) is 5.73 Å². The summed E-state index contributed by atoms with van der Waals surface area (Å²) in [4.78, 5) is 14.4. The predicted octanol–water partition coefficient (Wildman–Crippen LogP) is 0.988. The Kier molecular flexibility index (Phi) is 3.08. The van der Waals surface area contributed by atoms with Crippen LogP contribution in [0.25, 0.3) is 0 Å². The Hall–Kier alpha value is -1.29. The molecule has 0 aliphatic heterocycles. The molecule has 0 spiro atoms. The Bertz CT molecular complexity index is 300. The van der Waals surface area contributed by atoms with Gasteiger partial charge in [0, 0.05) is 0 Å². The van der Waals surface area contributed by atoms with Crippen molar-refractivity contribution in [2.45, 2.75) is 13.0 Å². The molecule has 13 heavy (non-hydrogen) atoms. The fourth-order valence-corrected chi connectivity index (χ4v) is 0.806.